The Kier molecular flexibility index (Phi) is 6.92. The van der Waals surface area contributed by atoms with Gasteiger partial charge in [-0.1, -0.05) is 0 Å². The monoisotopic (exact) mass is 368 g/mol. The number of nitrogens with zero attached hydrogens (tertiary/aromatic N) is 3. The average Bonchev–Trinajstić information content (AvgIpc) is 3.37. The van der Waals surface area contributed by atoms with Gasteiger partial charge in [0.15, 0.2) is 5.82 Å². The van der Waals surface area contributed by atoms with Gasteiger partial charge in [-0.05, 0) is 37.1 Å². The summed E-state index contributed by atoms with van der Waals surface area (Å²) in [6, 6.07) is 7.33. The summed E-state index contributed by atoms with van der Waals surface area (Å²) in [6.07, 6.45) is 2.73. The molecule has 0 spiro atoms. The lowest BCUT2D eigenvalue weighted by atomic mass is 10.2. The summed E-state index contributed by atoms with van der Waals surface area (Å²) in [6.45, 7) is 0.755. The van der Waals surface area contributed by atoms with Crippen LogP contribution in [0.3, 0.4) is 0 Å². The summed E-state index contributed by atoms with van der Waals surface area (Å²) in [4.78, 5) is 4.62. The van der Waals surface area contributed by atoms with Gasteiger partial charge in [0.2, 0.25) is 0 Å². The molecule has 0 saturated heterocycles. The quantitative estimate of drug-likeness (QED) is 0.747. The van der Waals surface area contributed by atoms with Crippen molar-refractivity contribution in [2.24, 2.45) is 5.73 Å². The molecule has 1 heterocycles. The zero-order chi connectivity index (χ0) is 16.9. The van der Waals surface area contributed by atoms with E-state index in [-0.39, 0.29) is 32.2 Å². The molecule has 1 aromatic heterocycles. The molecule has 0 amide bonds. The molecular weight excluding hydrogens is 347 g/mol. The van der Waals surface area contributed by atoms with Crippen molar-refractivity contribution in [3.05, 3.63) is 42.0 Å². The van der Waals surface area contributed by atoms with E-state index >= 15 is 0 Å². The maximum absolute atomic E-state index is 12.5. The Morgan fingerprint density at radius 3 is 2.64 bits per heavy atom. The molecule has 8 heteroatoms. The standard InChI is InChI=1S/C17H21FN4O2.ClH/c18-9-12(10-19)11-24-15-5-3-13(4-6-15)16-20-17(14-1-2-14)22(21-16)7-8-23;/h3-6,9,14,23H,1-2,7-8,10-11,19H2;1H/b12-9+;. The normalized spacial score (nSPS) is 14.3. The van der Waals surface area contributed by atoms with E-state index in [2.05, 4.69) is 10.1 Å². The third kappa shape index (κ3) is 4.78. The molecule has 1 aliphatic carbocycles. The zero-order valence-corrected chi connectivity index (χ0v) is 14.6. The van der Waals surface area contributed by atoms with Gasteiger partial charge in [0, 0.05) is 23.6 Å². The maximum atomic E-state index is 12.5. The molecule has 1 aliphatic rings. The van der Waals surface area contributed by atoms with Gasteiger partial charge in [0.1, 0.15) is 18.2 Å². The second-order valence-corrected chi connectivity index (χ2v) is 5.80. The van der Waals surface area contributed by atoms with Gasteiger partial charge < -0.3 is 15.6 Å². The average molecular weight is 369 g/mol. The lowest BCUT2D eigenvalue weighted by molar-refractivity contribution is 0.267. The fourth-order valence-corrected chi connectivity index (χ4v) is 2.39. The van der Waals surface area contributed by atoms with E-state index in [4.69, 9.17) is 15.6 Å². The maximum Gasteiger partial charge on any atom is 0.181 e. The summed E-state index contributed by atoms with van der Waals surface area (Å²) in [5.41, 5.74) is 6.67. The van der Waals surface area contributed by atoms with Gasteiger partial charge in [-0.2, -0.15) is 5.10 Å². The molecule has 0 aliphatic heterocycles. The first-order chi connectivity index (χ1) is 11.7. The smallest absolute Gasteiger partial charge is 0.181 e. The highest BCUT2D eigenvalue weighted by Crippen LogP contribution is 2.39. The Morgan fingerprint density at radius 1 is 1.36 bits per heavy atom. The van der Waals surface area contributed by atoms with Crippen molar-refractivity contribution in [1.29, 1.82) is 0 Å². The molecule has 25 heavy (non-hydrogen) atoms. The minimum absolute atomic E-state index is 0. The summed E-state index contributed by atoms with van der Waals surface area (Å²) in [5, 5.41) is 13.7. The number of benzene rings is 1. The van der Waals surface area contributed by atoms with Crippen LogP contribution < -0.4 is 10.5 Å². The lowest BCUT2D eigenvalue weighted by Crippen LogP contribution is -2.10. The summed E-state index contributed by atoms with van der Waals surface area (Å²) in [5.74, 6) is 2.68. The van der Waals surface area contributed by atoms with Crippen LogP contribution in [0.25, 0.3) is 11.4 Å². The van der Waals surface area contributed by atoms with E-state index in [9.17, 15) is 4.39 Å². The molecule has 2 aromatic rings. The molecule has 0 radical (unpaired) electrons. The molecule has 3 rings (SSSR count). The van der Waals surface area contributed by atoms with Gasteiger partial charge >= 0.3 is 0 Å². The SMILES string of the molecule is Cl.NC/C(=C\F)COc1ccc(-c2nc(C3CC3)n(CCO)n2)cc1. The van der Waals surface area contributed by atoms with Crippen molar-refractivity contribution in [2.75, 3.05) is 19.8 Å². The van der Waals surface area contributed by atoms with Gasteiger partial charge in [-0.15, -0.1) is 12.4 Å². The predicted octanol–water partition coefficient (Wildman–Crippen LogP) is 2.43. The van der Waals surface area contributed by atoms with Crippen LogP contribution in [0.2, 0.25) is 0 Å². The highest BCUT2D eigenvalue weighted by atomic mass is 35.5. The Hall–Kier alpha value is -1.96. The van der Waals surface area contributed by atoms with Gasteiger partial charge in [-0.25, -0.2) is 14.1 Å². The van der Waals surface area contributed by atoms with Crippen LogP contribution >= 0.6 is 12.4 Å². The van der Waals surface area contributed by atoms with E-state index in [0.29, 0.717) is 35.9 Å². The van der Waals surface area contributed by atoms with Crippen molar-refractivity contribution in [2.45, 2.75) is 25.3 Å². The Morgan fingerprint density at radius 2 is 2.08 bits per heavy atom. The van der Waals surface area contributed by atoms with Crippen LogP contribution in [0, 0.1) is 0 Å². The van der Waals surface area contributed by atoms with Crippen LogP contribution in [0.1, 0.15) is 24.6 Å². The molecule has 1 saturated carbocycles. The van der Waals surface area contributed by atoms with Crippen molar-refractivity contribution < 1.29 is 14.2 Å². The number of nitrogens with two attached hydrogens (primary N) is 1. The van der Waals surface area contributed by atoms with Crippen molar-refractivity contribution in [3.8, 4) is 17.1 Å². The number of hydrogen-bond donors (Lipinski definition) is 2. The first-order valence-electron chi connectivity index (χ1n) is 8.02. The second-order valence-electron chi connectivity index (χ2n) is 5.80. The fourth-order valence-electron chi connectivity index (χ4n) is 2.39. The minimum Gasteiger partial charge on any atom is -0.489 e. The van der Waals surface area contributed by atoms with Crippen molar-refractivity contribution >= 4 is 12.4 Å². The molecular formula is C17H22ClFN4O2. The molecule has 0 bridgehead atoms. The summed E-state index contributed by atoms with van der Waals surface area (Å²) < 4.78 is 19.7. The second kappa shape index (κ2) is 8.94. The third-order valence-electron chi connectivity index (χ3n) is 3.91. The zero-order valence-electron chi connectivity index (χ0n) is 13.8. The summed E-state index contributed by atoms with van der Waals surface area (Å²) in [7, 11) is 0. The molecule has 6 nitrogen and oxygen atoms in total. The van der Waals surface area contributed by atoms with Crippen LogP contribution in [0.5, 0.6) is 5.75 Å². The van der Waals surface area contributed by atoms with Gasteiger partial charge in [0.05, 0.1) is 19.5 Å². The Bertz CT molecular complexity index is 714. The highest BCUT2D eigenvalue weighted by Gasteiger charge is 2.29. The number of halogens is 2. The number of hydrogen-bond acceptors (Lipinski definition) is 5. The Labute approximate surface area is 151 Å². The molecule has 136 valence electrons. The van der Waals surface area contributed by atoms with Crippen LogP contribution in [0.4, 0.5) is 4.39 Å². The van der Waals surface area contributed by atoms with E-state index < -0.39 is 0 Å². The molecule has 0 unspecified atom stereocenters. The third-order valence-corrected chi connectivity index (χ3v) is 3.91. The molecule has 3 N–H and O–H groups in total. The molecule has 0 atom stereocenters. The van der Waals surface area contributed by atoms with Crippen LogP contribution in [0.15, 0.2) is 36.2 Å². The lowest BCUT2D eigenvalue weighted by Gasteiger charge is -2.07. The number of aliphatic hydroxyl groups excluding tert-OH is 1. The van der Waals surface area contributed by atoms with E-state index in [1.54, 1.807) is 16.8 Å². The van der Waals surface area contributed by atoms with Gasteiger partial charge in [0.25, 0.3) is 0 Å². The summed E-state index contributed by atoms with van der Waals surface area (Å²) >= 11 is 0. The van der Waals surface area contributed by atoms with E-state index in [0.717, 1.165) is 24.2 Å². The van der Waals surface area contributed by atoms with E-state index in [1.165, 1.54) is 0 Å². The minimum atomic E-state index is 0. The van der Waals surface area contributed by atoms with Crippen LogP contribution in [-0.2, 0) is 6.54 Å². The van der Waals surface area contributed by atoms with Crippen molar-refractivity contribution in [1.82, 2.24) is 14.8 Å². The van der Waals surface area contributed by atoms with Crippen LogP contribution in [-0.4, -0.2) is 39.6 Å². The number of aliphatic hydroxyl groups is 1. The fraction of sp³-hybridized carbons (Fsp3) is 0.412. The van der Waals surface area contributed by atoms with Gasteiger partial charge in [-0.3, -0.25) is 0 Å². The number of aromatic nitrogens is 3. The highest BCUT2D eigenvalue weighted by molar-refractivity contribution is 5.85. The number of rotatable bonds is 8. The van der Waals surface area contributed by atoms with Crippen molar-refractivity contribution in [3.63, 3.8) is 0 Å². The predicted molar refractivity (Wildman–Crippen MR) is 95.5 cm³/mol. The first kappa shape index (κ1) is 19.4. The largest absolute Gasteiger partial charge is 0.489 e. The number of ether oxygens (including phenoxy) is 1. The molecule has 1 fully saturated rings. The topological polar surface area (TPSA) is 86.2 Å². The van der Waals surface area contributed by atoms with E-state index in [1.807, 2.05) is 12.1 Å². The first-order valence-corrected chi connectivity index (χ1v) is 8.02. The molecule has 1 aromatic carbocycles. The Balaban J connectivity index is 0.00000225.